The minimum absolute atomic E-state index is 0.0886. The topological polar surface area (TPSA) is 88.0 Å². The number of nitrogens with zero attached hydrogens (tertiary/aromatic N) is 3. The fourth-order valence-electron chi connectivity index (χ4n) is 3.75. The van der Waals surface area contributed by atoms with E-state index in [0.717, 1.165) is 22.5 Å². The third-order valence-corrected chi connectivity index (χ3v) is 5.46. The minimum Gasteiger partial charge on any atom is -0.294 e. The third kappa shape index (κ3) is 5.27. The van der Waals surface area contributed by atoms with Crippen LogP contribution in [0, 0.1) is 0 Å². The van der Waals surface area contributed by atoms with Gasteiger partial charge in [0, 0.05) is 41.8 Å². The van der Waals surface area contributed by atoms with E-state index in [1.165, 1.54) is 0 Å². The maximum absolute atomic E-state index is 11.0. The summed E-state index contributed by atoms with van der Waals surface area (Å²) in [5.74, 6) is -0.236. The molecule has 3 atom stereocenters. The first-order valence-corrected chi connectivity index (χ1v) is 11.0. The van der Waals surface area contributed by atoms with Crippen LogP contribution in [-0.4, -0.2) is 23.7 Å². The summed E-state index contributed by atoms with van der Waals surface area (Å²) in [6, 6.07) is 25.9. The van der Waals surface area contributed by atoms with E-state index in [4.69, 9.17) is 9.54 Å². The van der Waals surface area contributed by atoms with Crippen LogP contribution in [0.15, 0.2) is 97.5 Å². The van der Waals surface area contributed by atoms with Crippen LogP contribution in [0.4, 0.5) is 0 Å². The fourth-order valence-corrected chi connectivity index (χ4v) is 4.03. The van der Waals surface area contributed by atoms with Gasteiger partial charge in [0.05, 0.1) is 12.2 Å². The molecular formula is C24H22N4O2S. The second kappa shape index (κ2) is 10.2. The van der Waals surface area contributed by atoms with Crippen molar-refractivity contribution >= 4 is 11.3 Å². The zero-order chi connectivity index (χ0) is 21.5. The van der Waals surface area contributed by atoms with Gasteiger partial charge in [0.25, 0.3) is 0 Å². The van der Waals surface area contributed by atoms with Crippen molar-refractivity contribution < 1.29 is 8.76 Å². The number of nitrogens with one attached hydrogen (secondary N) is 1. The molecule has 0 saturated heterocycles. The van der Waals surface area contributed by atoms with Gasteiger partial charge in [0.2, 0.25) is 11.3 Å². The number of pyridine rings is 3. The smallest absolute Gasteiger partial charge is 0.232 e. The minimum atomic E-state index is -2.10. The zero-order valence-corrected chi connectivity index (χ0v) is 17.5. The van der Waals surface area contributed by atoms with Crippen molar-refractivity contribution in [2.45, 2.75) is 18.4 Å². The van der Waals surface area contributed by atoms with Crippen LogP contribution in [-0.2, 0) is 17.8 Å². The first-order chi connectivity index (χ1) is 15.2. The van der Waals surface area contributed by atoms with Gasteiger partial charge < -0.3 is 0 Å². The van der Waals surface area contributed by atoms with Crippen molar-refractivity contribution in [1.29, 1.82) is 0 Å². The van der Waals surface area contributed by atoms with E-state index < -0.39 is 11.3 Å². The first kappa shape index (κ1) is 21.0. The Morgan fingerprint density at radius 1 is 0.806 bits per heavy atom. The monoisotopic (exact) mass is 430 g/mol. The highest BCUT2D eigenvalue weighted by molar-refractivity contribution is 7.77. The summed E-state index contributed by atoms with van der Waals surface area (Å²) >= 11 is -2.10. The molecule has 6 nitrogen and oxygen atoms in total. The average molecular weight is 431 g/mol. The van der Waals surface area contributed by atoms with Gasteiger partial charge in [-0.2, -0.15) is 0 Å². The molecule has 2 N–H and O–H groups in total. The second-order valence-corrected chi connectivity index (χ2v) is 7.82. The lowest BCUT2D eigenvalue weighted by Gasteiger charge is -2.28. The summed E-state index contributed by atoms with van der Waals surface area (Å²) in [5.41, 5.74) is 4.60. The van der Waals surface area contributed by atoms with Crippen molar-refractivity contribution in [1.82, 2.24) is 19.7 Å². The molecule has 156 valence electrons. The Balaban J connectivity index is 1.86. The first-order valence-electron chi connectivity index (χ1n) is 9.88. The third-order valence-electron chi connectivity index (χ3n) is 5.07. The molecule has 4 rings (SSSR count). The summed E-state index contributed by atoms with van der Waals surface area (Å²) in [5, 5.41) is 0. The molecule has 3 heterocycles. The van der Waals surface area contributed by atoms with Gasteiger partial charge >= 0.3 is 0 Å². The van der Waals surface area contributed by atoms with Crippen LogP contribution >= 0.6 is 0 Å². The van der Waals surface area contributed by atoms with Crippen LogP contribution in [0.25, 0.3) is 0 Å². The molecule has 0 radical (unpaired) electrons. The Morgan fingerprint density at radius 2 is 1.55 bits per heavy atom. The van der Waals surface area contributed by atoms with Gasteiger partial charge in [-0.1, -0.05) is 48.5 Å². The molecule has 4 aromatic rings. The molecule has 3 aromatic heterocycles. The highest BCUT2D eigenvalue weighted by atomic mass is 32.2. The van der Waals surface area contributed by atoms with Crippen LogP contribution in [0.3, 0.4) is 0 Å². The summed E-state index contributed by atoms with van der Waals surface area (Å²) < 4.78 is 22.6. The van der Waals surface area contributed by atoms with Gasteiger partial charge in [0.1, 0.15) is 0 Å². The normalized spacial score (nSPS) is 14.0. The quantitative estimate of drug-likeness (QED) is 0.412. The van der Waals surface area contributed by atoms with Crippen molar-refractivity contribution in [3.63, 3.8) is 0 Å². The molecule has 3 unspecified atom stereocenters. The molecule has 0 spiro atoms. The fraction of sp³-hybridized carbons (Fsp3) is 0.125. The lowest BCUT2D eigenvalue weighted by atomic mass is 9.77. The van der Waals surface area contributed by atoms with Gasteiger partial charge in [-0.25, -0.2) is 8.93 Å². The van der Waals surface area contributed by atoms with E-state index in [1.807, 2.05) is 72.9 Å². The molecule has 0 aliphatic heterocycles. The molecule has 1 aromatic carbocycles. The predicted molar refractivity (Wildman–Crippen MR) is 120 cm³/mol. The zero-order valence-electron chi connectivity index (χ0n) is 16.7. The van der Waals surface area contributed by atoms with Crippen molar-refractivity contribution in [3.8, 4) is 0 Å². The Kier molecular flexibility index (Phi) is 6.89. The Labute approximate surface area is 183 Å². The average Bonchev–Trinajstić information content (AvgIpc) is 2.83. The Hall–Kier alpha value is -3.26. The number of hydrogen-bond donors (Lipinski definition) is 2. The maximum Gasteiger partial charge on any atom is 0.232 e. The molecule has 0 fully saturated rings. The summed E-state index contributed by atoms with van der Waals surface area (Å²) in [6.07, 6.45) is 5.41. The van der Waals surface area contributed by atoms with Crippen LogP contribution in [0.5, 0.6) is 0 Å². The Morgan fingerprint density at radius 3 is 2.26 bits per heavy atom. The lowest BCUT2D eigenvalue weighted by Crippen LogP contribution is -2.19. The number of aromatic nitrogens is 3. The predicted octanol–water partition coefficient (Wildman–Crippen LogP) is 4.06. The molecule has 0 bridgehead atoms. The second-order valence-electron chi connectivity index (χ2n) is 7.03. The summed E-state index contributed by atoms with van der Waals surface area (Å²) in [4.78, 5) is 13.9. The lowest BCUT2D eigenvalue weighted by molar-refractivity contribution is 0.547. The van der Waals surface area contributed by atoms with E-state index in [9.17, 15) is 4.21 Å². The van der Waals surface area contributed by atoms with Crippen molar-refractivity contribution in [2.24, 2.45) is 0 Å². The van der Waals surface area contributed by atoms with Crippen LogP contribution < -0.4 is 4.72 Å². The van der Waals surface area contributed by atoms with E-state index >= 15 is 0 Å². The molecule has 0 saturated carbocycles. The SMILES string of the molecule is O=S(O)NCc1cccc(C(c2cccnc2)C(c2ccccc2)c2ccccn2)n1. The van der Waals surface area contributed by atoms with Crippen LogP contribution in [0.1, 0.15) is 40.0 Å². The van der Waals surface area contributed by atoms with E-state index in [0.29, 0.717) is 5.69 Å². The van der Waals surface area contributed by atoms with E-state index in [2.05, 4.69) is 26.8 Å². The van der Waals surface area contributed by atoms with Gasteiger partial charge in [-0.3, -0.25) is 19.5 Å². The standard InChI is InChI=1S/C24H22N4O2S/c29-31(30)27-17-20-11-6-13-22(28-20)24(19-10-7-14-25-16-19)23(18-8-2-1-3-9-18)21-12-4-5-15-26-21/h1-16,23-24,27H,17H2,(H,29,30). The molecule has 0 amide bonds. The van der Waals surface area contributed by atoms with E-state index in [-0.39, 0.29) is 18.4 Å². The summed E-state index contributed by atoms with van der Waals surface area (Å²) in [6.45, 7) is 0.191. The Bertz CT molecular complexity index is 1090. The van der Waals surface area contributed by atoms with E-state index in [1.54, 1.807) is 12.4 Å². The van der Waals surface area contributed by atoms with Gasteiger partial charge in [0.15, 0.2) is 0 Å². The van der Waals surface area contributed by atoms with Crippen molar-refractivity contribution in [3.05, 3.63) is 126 Å². The van der Waals surface area contributed by atoms with Crippen LogP contribution in [0.2, 0.25) is 0 Å². The maximum atomic E-state index is 11.0. The van der Waals surface area contributed by atoms with Crippen molar-refractivity contribution in [2.75, 3.05) is 0 Å². The highest BCUT2D eigenvalue weighted by Gasteiger charge is 2.30. The number of rotatable bonds is 8. The molecule has 0 aliphatic rings. The van der Waals surface area contributed by atoms with Gasteiger partial charge in [-0.05, 0) is 41.5 Å². The largest absolute Gasteiger partial charge is 0.294 e. The molecular weight excluding hydrogens is 408 g/mol. The highest BCUT2D eigenvalue weighted by Crippen LogP contribution is 2.41. The number of hydrogen-bond acceptors (Lipinski definition) is 4. The summed E-state index contributed by atoms with van der Waals surface area (Å²) in [7, 11) is 0. The molecule has 31 heavy (non-hydrogen) atoms. The van der Waals surface area contributed by atoms with Gasteiger partial charge in [-0.15, -0.1) is 0 Å². The number of benzene rings is 1. The molecule has 7 heteroatoms. The molecule has 0 aliphatic carbocycles.